The summed E-state index contributed by atoms with van der Waals surface area (Å²) >= 11 is 0. The number of rotatable bonds is 5. The summed E-state index contributed by atoms with van der Waals surface area (Å²) in [6.45, 7) is 6.01. The molecule has 1 aliphatic carbocycles. The number of likely N-dealkylation sites (tertiary alicyclic amines) is 1. The number of fused-ring (bicyclic) bond motifs is 1. The molecule has 2 aromatic rings. The van der Waals surface area contributed by atoms with E-state index in [2.05, 4.69) is 21.7 Å². The summed E-state index contributed by atoms with van der Waals surface area (Å²) in [4.78, 5) is 26.8. The molecule has 0 aromatic carbocycles. The van der Waals surface area contributed by atoms with Gasteiger partial charge in [0.2, 0.25) is 5.91 Å². The number of piperidine rings is 1. The van der Waals surface area contributed by atoms with Gasteiger partial charge in [0.05, 0.1) is 5.69 Å². The maximum atomic E-state index is 13.0. The summed E-state index contributed by atoms with van der Waals surface area (Å²) in [5.41, 5.74) is 3.62. The fraction of sp³-hybridized carbons (Fsp3) is 0.524. The van der Waals surface area contributed by atoms with Crippen molar-refractivity contribution >= 4 is 11.8 Å². The average Bonchev–Trinajstić information content (AvgIpc) is 3.38. The predicted octanol–water partition coefficient (Wildman–Crippen LogP) is 2.82. The number of amides is 2. The van der Waals surface area contributed by atoms with Crippen molar-refractivity contribution in [2.24, 2.45) is 5.41 Å². The van der Waals surface area contributed by atoms with E-state index in [-0.39, 0.29) is 17.2 Å². The Morgan fingerprint density at radius 1 is 1.17 bits per heavy atom. The van der Waals surface area contributed by atoms with Crippen LogP contribution in [0, 0.1) is 26.2 Å². The second-order valence-corrected chi connectivity index (χ2v) is 8.09. The molecule has 0 bridgehead atoms. The van der Waals surface area contributed by atoms with Crippen molar-refractivity contribution in [2.75, 3.05) is 13.6 Å². The molecule has 1 N–H and O–H groups in total. The monoisotopic (exact) mass is 398 g/mol. The van der Waals surface area contributed by atoms with Gasteiger partial charge in [-0.2, -0.15) is 0 Å². The van der Waals surface area contributed by atoms with Crippen molar-refractivity contribution in [2.45, 2.75) is 52.9 Å². The lowest BCUT2D eigenvalue weighted by atomic mass is 9.77. The van der Waals surface area contributed by atoms with Gasteiger partial charge < -0.3 is 19.3 Å². The summed E-state index contributed by atoms with van der Waals surface area (Å²) in [6.07, 6.45) is 5.71. The van der Waals surface area contributed by atoms with E-state index in [1.165, 1.54) is 0 Å². The molecule has 1 fully saturated rings. The fourth-order valence-corrected chi connectivity index (χ4v) is 4.53. The van der Waals surface area contributed by atoms with Crippen LogP contribution < -0.4 is 5.32 Å². The van der Waals surface area contributed by atoms with Gasteiger partial charge in [0, 0.05) is 48.7 Å². The van der Waals surface area contributed by atoms with Crippen molar-refractivity contribution in [1.29, 1.82) is 0 Å². The lowest BCUT2D eigenvalue weighted by Crippen LogP contribution is -2.46. The van der Waals surface area contributed by atoms with Crippen molar-refractivity contribution in [1.82, 2.24) is 20.5 Å². The Bertz CT molecular complexity index is 983. The highest BCUT2D eigenvalue weighted by atomic mass is 16.5. The molecule has 2 aromatic heterocycles. The van der Waals surface area contributed by atoms with Crippen molar-refractivity contribution in [3.05, 3.63) is 45.8 Å². The van der Waals surface area contributed by atoms with E-state index in [1.807, 2.05) is 20.9 Å². The van der Waals surface area contributed by atoms with Crippen LogP contribution in [0.4, 0.5) is 0 Å². The average molecular weight is 398 g/mol. The zero-order valence-corrected chi connectivity index (χ0v) is 17.3. The van der Waals surface area contributed by atoms with E-state index in [0.29, 0.717) is 30.8 Å². The molecule has 8 heteroatoms. The summed E-state index contributed by atoms with van der Waals surface area (Å²) in [6, 6.07) is 0. The van der Waals surface area contributed by atoms with Crippen LogP contribution in [0.15, 0.2) is 20.8 Å². The fourth-order valence-electron chi connectivity index (χ4n) is 4.53. The van der Waals surface area contributed by atoms with Crippen LogP contribution in [0.1, 0.15) is 64.5 Å². The summed E-state index contributed by atoms with van der Waals surface area (Å²) in [5.74, 6) is 1.21. The van der Waals surface area contributed by atoms with Gasteiger partial charge in [-0.3, -0.25) is 9.59 Å². The molecule has 0 saturated carbocycles. The third-order valence-electron chi connectivity index (χ3n) is 6.38. The normalized spacial score (nSPS) is 21.3. The molecule has 29 heavy (non-hydrogen) atoms. The van der Waals surface area contributed by atoms with E-state index in [4.69, 9.17) is 9.05 Å². The molecule has 1 saturated heterocycles. The Morgan fingerprint density at radius 2 is 1.90 bits per heavy atom. The van der Waals surface area contributed by atoms with Gasteiger partial charge in [0.25, 0.3) is 5.91 Å². The van der Waals surface area contributed by atoms with Gasteiger partial charge in [-0.15, -0.1) is 0 Å². The number of hydrogen-bond acceptors (Lipinski definition) is 6. The first-order chi connectivity index (χ1) is 13.8. The Balaban J connectivity index is 1.52. The van der Waals surface area contributed by atoms with Crippen molar-refractivity contribution < 1.29 is 18.6 Å². The molecule has 8 nitrogen and oxygen atoms in total. The highest BCUT2D eigenvalue weighted by Crippen LogP contribution is 2.46. The largest absolute Gasteiger partial charge is 0.361 e. The summed E-state index contributed by atoms with van der Waals surface area (Å²) < 4.78 is 10.6. The molecule has 1 unspecified atom stereocenters. The minimum Gasteiger partial charge on any atom is -0.361 e. The maximum Gasteiger partial charge on any atom is 0.273 e. The molecule has 1 atom stereocenters. The van der Waals surface area contributed by atoms with Gasteiger partial charge >= 0.3 is 0 Å². The topological polar surface area (TPSA) is 101 Å². The van der Waals surface area contributed by atoms with Gasteiger partial charge in [-0.05, 0) is 40.0 Å². The molecule has 2 amide bonds. The maximum absolute atomic E-state index is 13.0. The number of aromatic nitrogens is 2. The second kappa shape index (κ2) is 7.17. The van der Waals surface area contributed by atoms with Gasteiger partial charge in [0.15, 0.2) is 5.69 Å². The van der Waals surface area contributed by atoms with E-state index in [1.54, 1.807) is 11.8 Å². The second-order valence-electron chi connectivity index (χ2n) is 8.09. The summed E-state index contributed by atoms with van der Waals surface area (Å²) in [7, 11) is 1.82. The molecule has 0 spiro atoms. The Hall–Kier alpha value is -2.90. The quantitative estimate of drug-likeness (QED) is 0.831. The number of nitrogens with one attached hydrogen (secondary N) is 1. The number of carbonyl (C=O) groups excluding carboxylic acids is 2. The minimum atomic E-state index is -0.260. The van der Waals surface area contributed by atoms with Crippen LogP contribution in [-0.2, 0) is 11.2 Å². The molecule has 4 rings (SSSR count). The third kappa shape index (κ3) is 3.26. The van der Waals surface area contributed by atoms with E-state index in [0.717, 1.165) is 47.5 Å². The third-order valence-corrected chi connectivity index (χ3v) is 6.38. The van der Waals surface area contributed by atoms with Crippen LogP contribution >= 0.6 is 0 Å². The smallest absolute Gasteiger partial charge is 0.273 e. The molecule has 1 aliphatic heterocycles. The molecule has 3 heterocycles. The lowest BCUT2D eigenvalue weighted by molar-refractivity contribution is -0.131. The number of nitrogens with zero attached hydrogens (tertiary/aromatic N) is 3. The molecule has 2 aliphatic rings. The van der Waals surface area contributed by atoms with Crippen LogP contribution in [0.3, 0.4) is 0 Å². The van der Waals surface area contributed by atoms with Gasteiger partial charge in [0.1, 0.15) is 11.5 Å². The van der Waals surface area contributed by atoms with Gasteiger partial charge in [-0.1, -0.05) is 16.4 Å². The van der Waals surface area contributed by atoms with E-state index >= 15 is 0 Å². The first-order valence-corrected chi connectivity index (χ1v) is 9.95. The van der Waals surface area contributed by atoms with Crippen LogP contribution in [0.2, 0.25) is 0 Å². The minimum absolute atomic E-state index is 0.133. The zero-order chi connectivity index (χ0) is 20.8. The van der Waals surface area contributed by atoms with Crippen LogP contribution in [0.5, 0.6) is 0 Å². The number of aryl methyl sites for hydroxylation is 3. The van der Waals surface area contributed by atoms with E-state index in [9.17, 15) is 9.59 Å². The molecular weight excluding hydrogens is 372 g/mol. The van der Waals surface area contributed by atoms with Crippen LogP contribution in [0.25, 0.3) is 0 Å². The van der Waals surface area contributed by atoms with Crippen molar-refractivity contribution in [3.8, 4) is 0 Å². The van der Waals surface area contributed by atoms with E-state index < -0.39 is 0 Å². The van der Waals surface area contributed by atoms with Crippen LogP contribution in [-0.4, -0.2) is 40.6 Å². The highest BCUT2D eigenvalue weighted by molar-refractivity contribution is 5.94. The molecule has 154 valence electrons. The van der Waals surface area contributed by atoms with Crippen molar-refractivity contribution in [3.63, 3.8) is 0 Å². The Labute approximate surface area is 169 Å². The first kappa shape index (κ1) is 19.4. The number of allylic oxidation sites excluding steroid dienone is 1. The number of hydrogen-bond donors (Lipinski definition) is 1. The molecule has 0 radical (unpaired) electrons. The lowest BCUT2D eigenvalue weighted by Gasteiger charge is -2.41. The SMILES string of the molecule is Cc1noc(C)c1Cc1c(C(=O)NCC23CCC=C2N(C)C(=O)CC3)noc1C. The number of carbonyl (C=O) groups is 2. The Kier molecular flexibility index (Phi) is 4.80. The highest BCUT2D eigenvalue weighted by Gasteiger charge is 2.44. The predicted molar refractivity (Wildman–Crippen MR) is 104 cm³/mol. The zero-order valence-electron chi connectivity index (χ0n) is 17.3. The Morgan fingerprint density at radius 3 is 2.62 bits per heavy atom. The standard InChI is InChI=1S/C21H26N4O4/c1-12-15(13(2)28-23-12)10-16-14(3)29-24-19(16)20(27)22-11-21-8-5-6-17(21)25(4)18(26)7-9-21/h6H,5,7-11H2,1-4H3,(H,22,27). The summed E-state index contributed by atoms with van der Waals surface area (Å²) in [5, 5.41) is 11.0. The molecular formula is C21H26N4O4. The first-order valence-electron chi connectivity index (χ1n) is 9.95. The van der Waals surface area contributed by atoms with Gasteiger partial charge in [-0.25, -0.2) is 0 Å².